The minimum absolute atomic E-state index is 0.0943. The van der Waals surface area contributed by atoms with Crippen molar-refractivity contribution in [1.29, 1.82) is 0 Å². The van der Waals surface area contributed by atoms with E-state index < -0.39 is 11.7 Å². The maximum Gasteiger partial charge on any atom is 0.417 e. The van der Waals surface area contributed by atoms with Gasteiger partial charge in [-0.3, -0.25) is 4.79 Å². The van der Waals surface area contributed by atoms with Crippen molar-refractivity contribution in [3.8, 4) is 0 Å². The average Bonchev–Trinajstić information content (AvgIpc) is 3.27. The normalized spacial score (nSPS) is 19.6. The quantitative estimate of drug-likeness (QED) is 0.506. The van der Waals surface area contributed by atoms with Gasteiger partial charge in [-0.2, -0.15) is 13.2 Å². The Morgan fingerprint density at radius 1 is 1.03 bits per heavy atom. The second kappa shape index (κ2) is 9.01. The van der Waals surface area contributed by atoms with Gasteiger partial charge in [0, 0.05) is 45.5 Å². The summed E-state index contributed by atoms with van der Waals surface area (Å²) in [5, 5.41) is 0.802. The molecular weight excluding hydrogens is 470 g/mol. The van der Waals surface area contributed by atoms with Crippen LogP contribution in [0, 0.1) is 11.7 Å². The molecule has 0 radical (unpaired) electrons. The molecule has 0 bridgehead atoms. The molecule has 2 fully saturated rings. The molecule has 1 unspecified atom stereocenters. The fourth-order valence-electron chi connectivity index (χ4n) is 4.53. The Kier molecular flexibility index (Phi) is 6.05. The molecule has 1 aromatic carbocycles. The molecule has 0 N–H and O–H groups in total. The third-order valence-corrected chi connectivity index (χ3v) is 7.45. The van der Waals surface area contributed by atoms with E-state index in [2.05, 4.69) is 14.9 Å². The fraction of sp³-hybridized carbons (Fsp3) is 0.435. The van der Waals surface area contributed by atoms with Crippen molar-refractivity contribution in [1.82, 2.24) is 14.9 Å². The van der Waals surface area contributed by atoms with Crippen LogP contribution < -0.4 is 9.80 Å². The van der Waals surface area contributed by atoms with Gasteiger partial charge in [-0.25, -0.2) is 14.4 Å². The second-order valence-corrected chi connectivity index (χ2v) is 9.62. The van der Waals surface area contributed by atoms with Crippen molar-refractivity contribution in [3.05, 3.63) is 47.9 Å². The highest BCUT2D eigenvalue weighted by molar-refractivity contribution is 7.22. The van der Waals surface area contributed by atoms with Crippen LogP contribution in [0.25, 0.3) is 10.2 Å². The molecule has 0 saturated carbocycles. The zero-order valence-electron chi connectivity index (χ0n) is 18.3. The number of thiazole rings is 1. The molecule has 5 rings (SSSR count). The van der Waals surface area contributed by atoms with E-state index in [9.17, 15) is 22.4 Å². The molecule has 2 aliphatic rings. The summed E-state index contributed by atoms with van der Waals surface area (Å²) in [4.78, 5) is 27.6. The summed E-state index contributed by atoms with van der Waals surface area (Å²) < 4.78 is 52.6. The molecule has 4 heterocycles. The van der Waals surface area contributed by atoms with Crippen LogP contribution in [0.2, 0.25) is 0 Å². The lowest BCUT2D eigenvalue weighted by molar-refractivity contribution is -0.138. The number of amides is 1. The number of alkyl halides is 3. The van der Waals surface area contributed by atoms with Gasteiger partial charge in [0.1, 0.15) is 11.6 Å². The SMILES string of the molecule is O=C(C1CCCN(c2nc3ccc(F)cc3s2)C1)N1CCN(c2ccc(C(F)(F)F)cn2)CC1. The van der Waals surface area contributed by atoms with Gasteiger partial charge in [0.05, 0.1) is 21.7 Å². The molecule has 0 aliphatic carbocycles. The lowest BCUT2D eigenvalue weighted by Gasteiger charge is -2.39. The third-order valence-electron chi connectivity index (χ3n) is 6.37. The number of piperazine rings is 1. The van der Waals surface area contributed by atoms with Crippen LogP contribution in [-0.4, -0.2) is 60.0 Å². The van der Waals surface area contributed by atoms with Gasteiger partial charge in [-0.05, 0) is 43.2 Å². The Morgan fingerprint density at radius 3 is 2.53 bits per heavy atom. The minimum Gasteiger partial charge on any atom is -0.353 e. The number of hydrogen-bond acceptors (Lipinski definition) is 6. The van der Waals surface area contributed by atoms with Crippen LogP contribution in [0.15, 0.2) is 36.5 Å². The first-order valence-corrected chi connectivity index (χ1v) is 12.0. The van der Waals surface area contributed by atoms with Gasteiger partial charge in [0.25, 0.3) is 0 Å². The molecule has 2 saturated heterocycles. The number of piperidine rings is 1. The Bertz CT molecular complexity index is 1170. The Balaban J connectivity index is 1.19. The van der Waals surface area contributed by atoms with E-state index in [0.717, 1.165) is 47.0 Å². The first-order valence-electron chi connectivity index (χ1n) is 11.2. The number of benzene rings is 1. The van der Waals surface area contributed by atoms with Crippen LogP contribution >= 0.6 is 11.3 Å². The molecular formula is C23H23F4N5OS. The number of pyridine rings is 1. The monoisotopic (exact) mass is 493 g/mol. The minimum atomic E-state index is -4.41. The average molecular weight is 494 g/mol. The summed E-state index contributed by atoms with van der Waals surface area (Å²) in [7, 11) is 0. The van der Waals surface area contributed by atoms with Crippen molar-refractivity contribution in [2.24, 2.45) is 5.92 Å². The molecule has 1 atom stereocenters. The van der Waals surface area contributed by atoms with Gasteiger partial charge in [-0.15, -0.1) is 0 Å². The van der Waals surface area contributed by atoms with Gasteiger partial charge in [0.2, 0.25) is 5.91 Å². The summed E-state index contributed by atoms with van der Waals surface area (Å²) in [5.41, 5.74) is -0.0203. The van der Waals surface area contributed by atoms with Crippen molar-refractivity contribution in [2.45, 2.75) is 19.0 Å². The molecule has 0 spiro atoms. The summed E-state index contributed by atoms with van der Waals surface area (Å²) in [6.45, 7) is 3.41. The smallest absolute Gasteiger partial charge is 0.353 e. The molecule has 180 valence electrons. The number of aromatic nitrogens is 2. The zero-order chi connectivity index (χ0) is 23.9. The van der Waals surface area contributed by atoms with E-state index >= 15 is 0 Å². The number of carbonyl (C=O) groups excluding carboxylic acids is 1. The van der Waals surface area contributed by atoms with Gasteiger partial charge >= 0.3 is 6.18 Å². The maximum absolute atomic E-state index is 13.5. The molecule has 2 aliphatic heterocycles. The topological polar surface area (TPSA) is 52.6 Å². The largest absolute Gasteiger partial charge is 0.417 e. The van der Waals surface area contributed by atoms with Crippen LogP contribution in [0.3, 0.4) is 0 Å². The number of rotatable bonds is 3. The molecule has 34 heavy (non-hydrogen) atoms. The van der Waals surface area contributed by atoms with Crippen molar-refractivity contribution >= 4 is 38.4 Å². The lowest BCUT2D eigenvalue weighted by atomic mass is 9.96. The molecule has 3 aromatic rings. The summed E-state index contributed by atoms with van der Waals surface area (Å²) in [6.07, 6.45) is -1.89. The molecule has 2 aromatic heterocycles. The first kappa shape index (κ1) is 22.8. The van der Waals surface area contributed by atoms with E-state index in [1.807, 2.05) is 9.80 Å². The number of hydrogen-bond donors (Lipinski definition) is 0. The van der Waals surface area contributed by atoms with Crippen LogP contribution in [0.4, 0.5) is 28.5 Å². The molecule has 6 nitrogen and oxygen atoms in total. The van der Waals surface area contributed by atoms with E-state index in [1.54, 1.807) is 6.07 Å². The first-order chi connectivity index (χ1) is 16.3. The van der Waals surface area contributed by atoms with Crippen molar-refractivity contribution in [2.75, 3.05) is 49.1 Å². The molecule has 11 heteroatoms. The van der Waals surface area contributed by atoms with Crippen LogP contribution in [0.1, 0.15) is 18.4 Å². The zero-order valence-corrected chi connectivity index (χ0v) is 19.1. The standard InChI is InChI=1S/C23H23F4N5OS/c24-17-4-5-18-19(12-17)34-22(29-18)32-7-1-2-15(14-32)21(33)31-10-8-30(9-11-31)20-6-3-16(13-28-20)23(25,26)27/h3-6,12-13,15H,1-2,7-11,14H2. The van der Waals surface area contributed by atoms with Crippen LogP contribution in [-0.2, 0) is 11.0 Å². The maximum atomic E-state index is 13.5. The Hall–Kier alpha value is -2.95. The van der Waals surface area contributed by atoms with E-state index in [1.165, 1.54) is 29.5 Å². The van der Waals surface area contributed by atoms with Crippen LogP contribution in [0.5, 0.6) is 0 Å². The second-order valence-electron chi connectivity index (χ2n) is 8.61. The van der Waals surface area contributed by atoms with E-state index in [-0.39, 0.29) is 17.6 Å². The van der Waals surface area contributed by atoms with E-state index in [4.69, 9.17) is 0 Å². The van der Waals surface area contributed by atoms with E-state index in [0.29, 0.717) is 38.5 Å². The highest BCUT2D eigenvalue weighted by atomic mass is 32.1. The summed E-state index contributed by atoms with van der Waals surface area (Å²) in [6, 6.07) is 6.96. The number of nitrogens with zero attached hydrogens (tertiary/aromatic N) is 5. The van der Waals surface area contributed by atoms with Gasteiger partial charge in [0.15, 0.2) is 5.13 Å². The molecule has 1 amide bonds. The lowest BCUT2D eigenvalue weighted by Crippen LogP contribution is -2.52. The predicted octanol–water partition coefficient (Wildman–Crippen LogP) is 4.41. The highest BCUT2D eigenvalue weighted by Crippen LogP contribution is 2.33. The number of anilines is 2. The highest BCUT2D eigenvalue weighted by Gasteiger charge is 2.33. The Labute approximate surface area is 197 Å². The summed E-state index contributed by atoms with van der Waals surface area (Å²) >= 11 is 1.43. The van der Waals surface area contributed by atoms with Crippen molar-refractivity contribution in [3.63, 3.8) is 0 Å². The Morgan fingerprint density at radius 2 is 1.82 bits per heavy atom. The van der Waals surface area contributed by atoms with Gasteiger partial charge < -0.3 is 14.7 Å². The predicted molar refractivity (Wildman–Crippen MR) is 123 cm³/mol. The van der Waals surface area contributed by atoms with Crippen molar-refractivity contribution < 1.29 is 22.4 Å². The number of halogens is 4. The number of fused-ring (bicyclic) bond motifs is 1. The summed E-state index contributed by atoms with van der Waals surface area (Å²) in [5.74, 6) is 0.140. The van der Waals surface area contributed by atoms with Gasteiger partial charge in [-0.1, -0.05) is 11.3 Å². The fourth-order valence-corrected chi connectivity index (χ4v) is 5.55. The third kappa shape index (κ3) is 4.66. The number of carbonyl (C=O) groups is 1.